The van der Waals surface area contributed by atoms with Crippen molar-refractivity contribution < 1.29 is 9.47 Å². The second-order valence-electron chi connectivity index (χ2n) is 3.07. The molecule has 1 aliphatic heterocycles. The van der Waals surface area contributed by atoms with E-state index in [-0.39, 0.29) is 5.41 Å². The minimum atomic E-state index is 0.109. The van der Waals surface area contributed by atoms with Gasteiger partial charge >= 0.3 is 0 Å². The Kier molecular flexibility index (Phi) is 3.63. The van der Waals surface area contributed by atoms with E-state index < -0.39 is 0 Å². The molecule has 1 aliphatic rings. The Balaban J connectivity index is 2.33. The lowest BCUT2D eigenvalue weighted by molar-refractivity contribution is 0.0523. The molecule has 1 unspecified atom stereocenters. The summed E-state index contributed by atoms with van der Waals surface area (Å²) in [6.07, 6.45) is 1.04. The van der Waals surface area contributed by atoms with Gasteiger partial charge in [0, 0.05) is 24.5 Å². The molecule has 0 aromatic heterocycles. The number of alkyl halides is 1. The molecular formula is C8H15ClO2. The second kappa shape index (κ2) is 4.29. The van der Waals surface area contributed by atoms with Gasteiger partial charge in [0.25, 0.3) is 0 Å². The lowest BCUT2D eigenvalue weighted by Gasteiger charge is -2.23. The number of ether oxygens (including phenoxy) is 2. The maximum absolute atomic E-state index is 5.84. The van der Waals surface area contributed by atoms with E-state index in [1.165, 1.54) is 0 Å². The molecule has 0 spiro atoms. The van der Waals surface area contributed by atoms with Gasteiger partial charge in [0.05, 0.1) is 13.2 Å². The topological polar surface area (TPSA) is 18.5 Å². The fraction of sp³-hybridized carbons (Fsp3) is 1.00. The van der Waals surface area contributed by atoms with Crippen molar-refractivity contribution in [3.05, 3.63) is 0 Å². The van der Waals surface area contributed by atoms with Crippen molar-refractivity contribution in [2.24, 2.45) is 5.41 Å². The van der Waals surface area contributed by atoms with Gasteiger partial charge in [-0.15, -0.1) is 11.6 Å². The van der Waals surface area contributed by atoms with Gasteiger partial charge in [-0.3, -0.25) is 0 Å². The first kappa shape index (κ1) is 9.30. The average Bonchev–Trinajstić information content (AvgIpc) is 2.50. The number of halogens is 1. The summed E-state index contributed by atoms with van der Waals surface area (Å²) in [7, 11) is 0. The van der Waals surface area contributed by atoms with Gasteiger partial charge in [0.1, 0.15) is 0 Å². The van der Waals surface area contributed by atoms with E-state index in [1.54, 1.807) is 0 Å². The molecule has 11 heavy (non-hydrogen) atoms. The van der Waals surface area contributed by atoms with E-state index in [0.29, 0.717) is 5.88 Å². The number of hydrogen-bond donors (Lipinski definition) is 0. The summed E-state index contributed by atoms with van der Waals surface area (Å²) >= 11 is 5.84. The van der Waals surface area contributed by atoms with Crippen molar-refractivity contribution >= 4 is 11.6 Å². The quantitative estimate of drug-likeness (QED) is 0.610. The van der Waals surface area contributed by atoms with Gasteiger partial charge in [-0.2, -0.15) is 0 Å². The fourth-order valence-electron chi connectivity index (χ4n) is 1.23. The molecule has 1 fully saturated rings. The average molecular weight is 179 g/mol. The van der Waals surface area contributed by atoms with E-state index in [4.69, 9.17) is 21.1 Å². The monoisotopic (exact) mass is 178 g/mol. The van der Waals surface area contributed by atoms with Crippen molar-refractivity contribution in [2.45, 2.75) is 13.3 Å². The van der Waals surface area contributed by atoms with Crippen LogP contribution in [0, 0.1) is 5.41 Å². The summed E-state index contributed by atoms with van der Waals surface area (Å²) in [6.45, 7) is 5.10. The normalized spacial score (nSPS) is 31.1. The first-order valence-corrected chi connectivity index (χ1v) is 4.58. The van der Waals surface area contributed by atoms with Crippen LogP contribution < -0.4 is 0 Å². The predicted octanol–water partition coefficient (Wildman–Crippen LogP) is 1.67. The van der Waals surface area contributed by atoms with Crippen molar-refractivity contribution in [1.82, 2.24) is 0 Å². The van der Waals surface area contributed by atoms with Crippen molar-refractivity contribution in [2.75, 3.05) is 32.3 Å². The summed E-state index contributed by atoms with van der Waals surface area (Å²) in [4.78, 5) is 0. The van der Waals surface area contributed by atoms with E-state index >= 15 is 0 Å². The third-order valence-corrected chi connectivity index (χ3v) is 2.65. The highest BCUT2D eigenvalue weighted by atomic mass is 35.5. The van der Waals surface area contributed by atoms with Gasteiger partial charge in [-0.05, 0) is 13.3 Å². The first-order valence-electron chi connectivity index (χ1n) is 4.04. The summed E-state index contributed by atoms with van der Waals surface area (Å²) < 4.78 is 10.6. The molecule has 3 heteroatoms. The zero-order valence-corrected chi connectivity index (χ0v) is 7.69. The van der Waals surface area contributed by atoms with Crippen LogP contribution in [0.5, 0.6) is 0 Å². The zero-order chi connectivity index (χ0) is 8.16. The molecule has 0 aromatic rings. The van der Waals surface area contributed by atoms with Crippen molar-refractivity contribution in [3.63, 3.8) is 0 Å². The van der Waals surface area contributed by atoms with Crippen LogP contribution in [0.25, 0.3) is 0 Å². The molecule has 0 N–H and O–H groups in total. The molecule has 1 atom stereocenters. The fourth-order valence-corrected chi connectivity index (χ4v) is 1.51. The molecule has 0 radical (unpaired) electrons. The molecule has 0 aliphatic carbocycles. The van der Waals surface area contributed by atoms with Crippen molar-refractivity contribution in [3.8, 4) is 0 Å². The largest absolute Gasteiger partial charge is 0.381 e. The van der Waals surface area contributed by atoms with Crippen LogP contribution in [-0.4, -0.2) is 32.3 Å². The second-order valence-corrected chi connectivity index (χ2v) is 3.34. The summed E-state index contributed by atoms with van der Waals surface area (Å²) in [5, 5.41) is 0. The molecule has 1 rings (SSSR count). The van der Waals surface area contributed by atoms with E-state index in [2.05, 4.69) is 0 Å². The highest BCUT2D eigenvalue weighted by Crippen LogP contribution is 2.30. The lowest BCUT2D eigenvalue weighted by atomic mass is 9.91. The van der Waals surface area contributed by atoms with Crippen LogP contribution in [0.4, 0.5) is 0 Å². The van der Waals surface area contributed by atoms with Crippen LogP contribution in [0.15, 0.2) is 0 Å². The van der Waals surface area contributed by atoms with Crippen LogP contribution in [0.1, 0.15) is 13.3 Å². The molecule has 1 heterocycles. The Morgan fingerprint density at radius 2 is 2.45 bits per heavy atom. The zero-order valence-electron chi connectivity index (χ0n) is 6.94. The first-order chi connectivity index (χ1) is 5.33. The van der Waals surface area contributed by atoms with E-state index in [9.17, 15) is 0 Å². The molecule has 0 aromatic carbocycles. The third-order valence-electron chi connectivity index (χ3n) is 2.08. The molecule has 0 amide bonds. The molecule has 2 nitrogen and oxygen atoms in total. The van der Waals surface area contributed by atoms with Crippen LogP contribution in [0.2, 0.25) is 0 Å². The minimum Gasteiger partial charge on any atom is -0.381 e. The van der Waals surface area contributed by atoms with Gasteiger partial charge in [0.15, 0.2) is 0 Å². The molecule has 0 bridgehead atoms. The van der Waals surface area contributed by atoms with Gasteiger partial charge < -0.3 is 9.47 Å². The Bertz CT molecular complexity index is 111. The Morgan fingerprint density at radius 1 is 1.64 bits per heavy atom. The van der Waals surface area contributed by atoms with Crippen LogP contribution in [-0.2, 0) is 9.47 Å². The molecule has 0 saturated carbocycles. The molecule has 66 valence electrons. The maximum atomic E-state index is 5.84. The van der Waals surface area contributed by atoms with Gasteiger partial charge in [0.2, 0.25) is 0 Å². The Hall–Kier alpha value is 0.210. The van der Waals surface area contributed by atoms with Gasteiger partial charge in [-0.1, -0.05) is 0 Å². The minimum absolute atomic E-state index is 0.109. The van der Waals surface area contributed by atoms with Gasteiger partial charge in [-0.25, -0.2) is 0 Å². The smallest absolute Gasteiger partial charge is 0.0556 e. The van der Waals surface area contributed by atoms with Crippen molar-refractivity contribution in [1.29, 1.82) is 0 Å². The predicted molar refractivity (Wildman–Crippen MR) is 45.1 cm³/mol. The number of rotatable bonds is 4. The summed E-state index contributed by atoms with van der Waals surface area (Å²) in [6, 6.07) is 0. The Labute approximate surface area is 72.8 Å². The van der Waals surface area contributed by atoms with Crippen LogP contribution in [0.3, 0.4) is 0 Å². The third kappa shape index (κ3) is 2.32. The summed E-state index contributed by atoms with van der Waals surface area (Å²) in [5.74, 6) is 0.646. The molecule has 1 saturated heterocycles. The highest BCUT2D eigenvalue weighted by molar-refractivity contribution is 6.18. The Morgan fingerprint density at radius 3 is 2.91 bits per heavy atom. The lowest BCUT2D eigenvalue weighted by Crippen LogP contribution is -2.29. The van der Waals surface area contributed by atoms with E-state index in [0.717, 1.165) is 32.8 Å². The number of hydrogen-bond acceptors (Lipinski definition) is 2. The maximum Gasteiger partial charge on any atom is 0.0556 e. The van der Waals surface area contributed by atoms with E-state index in [1.807, 2.05) is 6.92 Å². The SMILES string of the molecule is CCOCC1(CCl)CCOC1. The standard InChI is InChI=1S/C8H15ClO2/c1-2-10-6-8(5-9)3-4-11-7-8/h2-7H2,1H3. The summed E-state index contributed by atoms with van der Waals surface area (Å²) in [5.41, 5.74) is 0.109. The van der Waals surface area contributed by atoms with Crippen LogP contribution >= 0.6 is 11.6 Å². The highest BCUT2D eigenvalue weighted by Gasteiger charge is 2.34. The molecular weight excluding hydrogens is 164 g/mol.